The van der Waals surface area contributed by atoms with E-state index in [1.54, 1.807) is 6.20 Å². The van der Waals surface area contributed by atoms with Gasteiger partial charge in [-0.1, -0.05) is 12.2 Å². The number of fused-ring (bicyclic) bond motifs is 1. The summed E-state index contributed by atoms with van der Waals surface area (Å²) in [6, 6.07) is 6.05. The second-order valence-electron chi connectivity index (χ2n) is 5.11. The molecule has 0 unspecified atom stereocenters. The summed E-state index contributed by atoms with van der Waals surface area (Å²) in [7, 11) is 0. The zero-order valence-corrected chi connectivity index (χ0v) is 11.0. The number of nitrogens with one attached hydrogen (secondary N) is 1. The number of allylic oxidation sites excluding steroid dienone is 2. The minimum atomic E-state index is 0.453. The third kappa shape index (κ3) is 1.81. The highest BCUT2D eigenvalue weighted by Gasteiger charge is 2.19. The van der Waals surface area contributed by atoms with E-state index in [0.717, 1.165) is 40.7 Å². The van der Waals surface area contributed by atoms with Crippen molar-refractivity contribution >= 4 is 10.9 Å². The van der Waals surface area contributed by atoms with Gasteiger partial charge in [0.05, 0.1) is 23.1 Å². The average Bonchev–Trinajstić information content (AvgIpc) is 3.18. The molecule has 0 atom stereocenters. The zero-order chi connectivity index (χ0) is 13.4. The van der Waals surface area contributed by atoms with E-state index in [0.29, 0.717) is 5.92 Å². The van der Waals surface area contributed by atoms with E-state index in [-0.39, 0.29) is 0 Å². The predicted octanol–water partition coefficient (Wildman–Crippen LogP) is 3.45. The second-order valence-corrected chi connectivity index (χ2v) is 5.11. The maximum Gasteiger partial charge on any atom is 0.0869 e. The molecule has 3 heterocycles. The maximum atomic E-state index is 4.87. The standard InChI is InChI=1S/C16H14N4/c1-2-5-11(4-1)15-16-13(10-18-20-16)8-14(19-15)12-6-3-7-17-9-12/h1-3,6-11H,4-5H2,(H,18,20). The van der Waals surface area contributed by atoms with Gasteiger partial charge < -0.3 is 0 Å². The summed E-state index contributed by atoms with van der Waals surface area (Å²) in [5.74, 6) is 0.453. The molecule has 0 spiro atoms. The van der Waals surface area contributed by atoms with Crippen molar-refractivity contribution in [3.8, 4) is 11.3 Å². The Bertz CT molecular complexity index is 766. The van der Waals surface area contributed by atoms with Crippen LogP contribution in [0.25, 0.3) is 22.2 Å². The van der Waals surface area contributed by atoms with Crippen LogP contribution in [0.1, 0.15) is 24.5 Å². The summed E-state index contributed by atoms with van der Waals surface area (Å²) in [4.78, 5) is 9.05. The van der Waals surface area contributed by atoms with Gasteiger partial charge in [-0.05, 0) is 31.0 Å². The van der Waals surface area contributed by atoms with Crippen molar-refractivity contribution in [1.29, 1.82) is 0 Å². The third-order valence-electron chi connectivity index (χ3n) is 3.81. The predicted molar refractivity (Wildman–Crippen MR) is 78.2 cm³/mol. The number of aromatic amines is 1. The monoisotopic (exact) mass is 262 g/mol. The fraction of sp³-hybridized carbons (Fsp3) is 0.188. The molecule has 0 bridgehead atoms. The van der Waals surface area contributed by atoms with E-state index < -0.39 is 0 Å². The van der Waals surface area contributed by atoms with Gasteiger partial charge in [0.15, 0.2) is 0 Å². The Hall–Kier alpha value is -2.49. The lowest BCUT2D eigenvalue weighted by atomic mass is 9.99. The zero-order valence-electron chi connectivity index (χ0n) is 11.0. The molecule has 0 fully saturated rings. The van der Waals surface area contributed by atoms with Crippen LogP contribution in [-0.4, -0.2) is 20.2 Å². The minimum absolute atomic E-state index is 0.453. The van der Waals surface area contributed by atoms with Crippen LogP contribution in [0.2, 0.25) is 0 Å². The highest BCUT2D eigenvalue weighted by atomic mass is 15.1. The van der Waals surface area contributed by atoms with Crippen molar-refractivity contribution in [1.82, 2.24) is 20.2 Å². The number of hydrogen-bond acceptors (Lipinski definition) is 3. The molecule has 0 saturated heterocycles. The van der Waals surface area contributed by atoms with Crippen molar-refractivity contribution in [2.75, 3.05) is 0 Å². The molecule has 3 aromatic rings. The first-order valence-electron chi connectivity index (χ1n) is 6.81. The molecular weight excluding hydrogens is 248 g/mol. The molecule has 1 N–H and O–H groups in total. The molecule has 0 radical (unpaired) electrons. The normalized spacial score (nSPS) is 15.2. The Labute approximate surface area is 116 Å². The lowest BCUT2D eigenvalue weighted by molar-refractivity contribution is 0.731. The Morgan fingerprint density at radius 1 is 1.15 bits per heavy atom. The third-order valence-corrected chi connectivity index (χ3v) is 3.81. The number of rotatable bonds is 2. The average molecular weight is 262 g/mol. The first kappa shape index (κ1) is 11.3. The van der Waals surface area contributed by atoms with Crippen molar-refractivity contribution < 1.29 is 0 Å². The van der Waals surface area contributed by atoms with Gasteiger partial charge >= 0.3 is 0 Å². The van der Waals surface area contributed by atoms with E-state index in [1.165, 1.54) is 0 Å². The van der Waals surface area contributed by atoms with Crippen LogP contribution in [0.15, 0.2) is 48.9 Å². The quantitative estimate of drug-likeness (QED) is 0.720. The van der Waals surface area contributed by atoms with E-state index in [4.69, 9.17) is 4.98 Å². The molecule has 0 amide bonds. The summed E-state index contributed by atoms with van der Waals surface area (Å²) < 4.78 is 0. The highest BCUT2D eigenvalue weighted by Crippen LogP contribution is 2.33. The van der Waals surface area contributed by atoms with Gasteiger partial charge in [-0.15, -0.1) is 0 Å². The van der Waals surface area contributed by atoms with Crippen LogP contribution >= 0.6 is 0 Å². The summed E-state index contributed by atoms with van der Waals surface area (Å²) in [6.07, 6.45) is 12.1. The topological polar surface area (TPSA) is 54.5 Å². The van der Waals surface area contributed by atoms with Crippen molar-refractivity contribution in [2.24, 2.45) is 0 Å². The van der Waals surface area contributed by atoms with Gasteiger partial charge in [0.2, 0.25) is 0 Å². The van der Waals surface area contributed by atoms with Gasteiger partial charge in [-0.3, -0.25) is 15.1 Å². The first-order valence-corrected chi connectivity index (χ1v) is 6.81. The summed E-state index contributed by atoms with van der Waals surface area (Å²) in [5, 5.41) is 8.37. The van der Waals surface area contributed by atoms with Crippen molar-refractivity contribution in [3.05, 3.63) is 54.6 Å². The fourth-order valence-corrected chi connectivity index (χ4v) is 2.77. The second kappa shape index (κ2) is 4.56. The Kier molecular flexibility index (Phi) is 2.59. The maximum absolute atomic E-state index is 4.87. The lowest BCUT2D eigenvalue weighted by Crippen LogP contribution is -2.00. The lowest BCUT2D eigenvalue weighted by Gasteiger charge is -2.12. The summed E-state index contributed by atoms with van der Waals surface area (Å²) in [6.45, 7) is 0. The number of nitrogens with zero attached hydrogens (tertiary/aromatic N) is 3. The Morgan fingerprint density at radius 2 is 2.05 bits per heavy atom. The molecule has 4 rings (SSSR count). The molecule has 4 heteroatoms. The minimum Gasteiger partial charge on any atom is -0.276 e. The summed E-state index contributed by atoms with van der Waals surface area (Å²) >= 11 is 0. The van der Waals surface area contributed by atoms with Gasteiger partial charge in [0, 0.05) is 29.3 Å². The van der Waals surface area contributed by atoms with E-state index in [2.05, 4.69) is 33.4 Å². The molecule has 0 aliphatic heterocycles. The van der Waals surface area contributed by atoms with Crippen LogP contribution in [0.5, 0.6) is 0 Å². The van der Waals surface area contributed by atoms with Gasteiger partial charge in [-0.25, -0.2) is 0 Å². The van der Waals surface area contributed by atoms with Gasteiger partial charge in [0.1, 0.15) is 0 Å². The smallest absolute Gasteiger partial charge is 0.0869 e. The molecular formula is C16H14N4. The van der Waals surface area contributed by atoms with E-state index in [1.807, 2.05) is 24.5 Å². The Morgan fingerprint density at radius 3 is 2.85 bits per heavy atom. The van der Waals surface area contributed by atoms with Crippen LogP contribution in [-0.2, 0) is 0 Å². The highest BCUT2D eigenvalue weighted by molar-refractivity contribution is 5.84. The van der Waals surface area contributed by atoms with E-state index >= 15 is 0 Å². The SMILES string of the molecule is C1=CCC(c2nc(-c3cccnc3)cc3cn[nH]c23)C1. The number of hydrogen-bond donors (Lipinski definition) is 1. The molecule has 3 aromatic heterocycles. The van der Waals surface area contributed by atoms with Crippen LogP contribution in [0.3, 0.4) is 0 Å². The molecule has 0 aromatic carbocycles. The van der Waals surface area contributed by atoms with Gasteiger partial charge in [-0.2, -0.15) is 5.10 Å². The Balaban J connectivity index is 1.91. The molecule has 20 heavy (non-hydrogen) atoms. The molecule has 1 aliphatic carbocycles. The number of pyridine rings is 2. The molecule has 1 aliphatic rings. The van der Waals surface area contributed by atoms with Crippen molar-refractivity contribution in [3.63, 3.8) is 0 Å². The van der Waals surface area contributed by atoms with Crippen molar-refractivity contribution in [2.45, 2.75) is 18.8 Å². The first-order chi connectivity index (χ1) is 9.92. The number of H-pyrrole nitrogens is 1. The van der Waals surface area contributed by atoms with Gasteiger partial charge in [0.25, 0.3) is 0 Å². The molecule has 98 valence electrons. The number of aromatic nitrogens is 4. The van der Waals surface area contributed by atoms with Crippen LogP contribution < -0.4 is 0 Å². The largest absolute Gasteiger partial charge is 0.276 e. The molecule has 0 saturated carbocycles. The van der Waals surface area contributed by atoms with Crippen LogP contribution in [0, 0.1) is 0 Å². The van der Waals surface area contributed by atoms with E-state index in [9.17, 15) is 0 Å². The summed E-state index contributed by atoms with van der Waals surface area (Å²) in [5.41, 5.74) is 4.19. The molecule has 4 nitrogen and oxygen atoms in total. The van der Waals surface area contributed by atoms with Crippen LogP contribution in [0.4, 0.5) is 0 Å². The fourth-order valence-electron chi connectivity index (χ4n) is 2.77.